The number of pyridine rings is 1. The first kappa shape index (κ1) is 15.0. The minimum atomic E-state index is -4.60. The average Bonchev–Trinajstić information content (AvgIpc) is 2.44. The fourth-order valence-electron chi connectivity index (χ4n) is 1.94. The highest BCUT2D eigenvalue weighted by Gasteiger charge is 2.42. The Balaban J connectivity index is 2.41. The normalized spacial score (nSPS) is 12.8. The lowest BCUT2D eigenvalue weighted by Crippen LogP contribution is -2.37. The van der Waals surface area contributed by atoms with Gasteiger partial charge < -0.3 is 5.32 Å². The molecule has 110 valence electrons. The summed E-state index contributed by atoms with van der Waals surface area (Å²) in [4.78, 5) is 14.7. The van der Waals surface area contributed by atoms with Gasteiger partial charge in [0.15, 0.2) is 6.04 Å². The maximum atomic E-state index is 13.0. The first-order chi connectivity index (χ1) is 9.88. The molecule has 0 radical (unpaired) electrons. The molecule has 1 unspecified atom stereocenters. The van der Waals surface area contributed by atoms with Gasteiger partial charge in [0, 0.05) is 13.1 Å². The van der Waals surface area contributed by atoms with Crippen LogP contribution in [0, 0.1) is 0 Å². The van der Waals surface area contributed by atoms with Gasteiger partial charge in [-0.3, -0.25) is 9.78 Å². The lowest BCUT2D eigenvalue weighted by Gasteiger charge is -2.20. The van der Waals surface area contributed by atoms with Gasteiger partial charge in [-0.15, -0.1) is 0 Å². The van der Waals surface area contributed by atoms with E-state index in [4.69, 9.17) is 0 Å². The summed E-state index contributed by atoms with van der Waals surface area (Å²) < 4.78 is 39.1. The summed E-state index contributed by atoms with van der Waals surface area (Å²) in [5.74, 6) is -0.760. The largest absolute Gasteiger partial charge is 0.414 e. The molecule has 1 amide bonds. The molecule has 0 spiro atoms. The molecule has 1 N–H and O–H groups in total. The summed E-state index contributed by atoms with van der Waals surface area (Å²) >= 11 is 0. The Morgan fingerprint density at radius 2 is 1.81 bits per heavy atom. The maximum absolute atomic E-state index is 13.0. The lowest BCUT2D eigenvalue weighted by molar-refractivity contribution is -0.163. The minimum absolute atomic E-state index is 0.237. The van der Waals surface area contributed by atoms with Gasteiger partial charge in [-0.25, -0.2) is 0 Å². The molecule has 1 aromatic carbocycles. The van der Waals surface area contributed by atoms with Gasteiger partial charge in [0.2, 0.25) is 5.91 Å². The molecule has 0 saturated carbocycles. The summed E-state index contributed by atoms with van der Waals surface area (Å²) in [6.45, 7) is 1.04. The molecule has 1 atom stereocenters. The van der Waals surface area contributed by atoms with Gasteiger partial charge in [-0.05, 0) is 23.3 Å². The number of nitrogens with zero attached hydrogens (tertiary/aromatic N) is 1. The average molecular weight is 294 g/mol. The van der Waals surface area contributed by atoms with Crippen LogP contribution in [-0.4, -0.2) is 17.1 Å². The molecule has 1 aromatic heterocycles. The third-order valence-corrected chi connectivity index (χ3v) is 2.86. The van der Waals surface area contributed by atoms with Crippen molar-refractivity contribution in [3.8, 4) is 11.1 Å². The number of rotatable bonds is 3. The van der Waals surface area contributed by atoms with Gasteiger partial charge >= 0.3 is 6.18 Å². The molecule has 0 aliphatic carbocycles. The standard InChI is InChI=1S/C15H13F3N2O/c1-10(21)20-14(15(16,17)18)13-9-12(7-8-19-13)11-5-3-2-4-6-11/h2-9,14H,1H3,(H,20,21). The predicted molar refractivity (Wildman–Crippen MR) is 72.3 cm³/mol. The van der Waals surface area contributed by atoms with Crippen molar-refractivity contribution >= 4 is 5.91 Å². The van der Waals surface area contributed by atoms with Crippen LogP contribution in [0.25, 0.3) is 11.1 Å². The van der Waals surface area contributed by atoms with Crippen LogP contribution in [-0.2, 0) is 4.79 Å². The van der Waals surface area contributed by atoms with Crippen molar-refractivity contribution in [1.29, 1.82) is 0 Å². The number of aromatic nitrogens is 1. The molecule has 0 bridgehead atoms. The van der Waals surface area contributed by atoms with E-state index >= 15 is 0 Å². The Labute approximate surface area is 119 Å². The maximum Gasteiger partial charge on any atom is 0.414 e. The zero-order valence-electron chi connectivity index (χ0n) is 11.2. The fraction of sp³-hybridized carbons (Fsp3) is 0.200. The number of alkyl halides is 3. The highest BCUT2D eigenvalue weighted by Crippen LogP contribution is 2.33. The number of carbonyl (C=O) groups excluding carboxylic acids is 1. The van der Waals surface area contributed by atoms with Crippen molar-refractivity contribution in [2.75, 3.05) is 0 Å². The number of amides is 1. The van der Waals surface area contributed by atoms with Gasteiger partial charge in [0.25, 0.3) is 0 Å². The molecule has 0 aliphatic rings. The summed E-state index contributed by atoms with van der Waals surface area (Å²) in [6.07, 6.45) is -3.30. The van der Waals surface area contributed by atoms with Crippen molar-refractivity contribution < 1.29 is 18.0 Å². The molecular weight excluding hydrogens is 281 g/mol. The second-order valence-electron chi connectivity index (χ2n) is 4.51. The smallest absolute Gasteiger partial charge is 0.340 e. The topological polar surface area (TPSA) is 42.0 Å². The van der Waals surface area contributed by atoms with Crippen LogP contribution in [0.3, 0.4) is 0 Å². The van der Waals surface area contributed by atoms with E-state index in [9.17, 15) is 18.0 Å². The summed E-state index contributed by atoms with van der Waals surface area (Å²) in [5.41, 5.74) is 1.16. The number of benzene rings is 1. The Morgan fingerprint density at radius 1 is 1.14 bits per heavy atom. The van der Waals surface area contributed by atoms with E-state index < -0.39 is 18.1 Å². The van der Waals surface area contributed by atoms with Gasteiger partial charge in [0.05, 0.1) is 5.69 Å². The molecule has 21 heavy (non-hydrogen) atoms. The molecule has 0 saturated heterocycles. The van der Waals surface area contributed by atoms with Gasteiger partial charge in [-0.2, -0.15) is 13.2 Å². The molecule has 1 heterocycles. The van der Waals surface area contributed by atoms with E-state index in [1.807, 2.05) is 11.4 Å². The highest BCUT2D eigenvalue weighted by molar-refractivity contribution is 5.73. The first-order valence-corrected chi connectivity index (χ1v) is 6.23. The summed E-state index contributed by atoms with van der Waals surface area (Å²) in [7, 11) is 0. The van der Waals surface area contributed by atoms with Crippen molar-refractivity contribution in [3.05, 3.63) is 54.4 Å². The van der Waals surface area contributed by atoms with E-state index in [0.717, 1.165) is 12.5 Å². The van der Waals surface area contributed by atoms with E-state index in [1.165, 1.54) is 12.3 Å². The number of halogens is 3. The van der Waals surface area contributed by atoms with Crippen molar-refractivity contribution in [2.24, 2.45) is 0 Å². The molecular formula is C15H13F3N2O. The van der Waals surface area contributed by atoms with Crippen molar-refractivity contribution in [3.63, 3.8) is 0 Å². The molecule has 0 aliphatic heterocycles. The van der Waals surface area contributed by atoms with E-state index in [0.29, 0.717) is 5.56 Å². The predicted octanol–water partition coefficient (Wildman–Crippen LogP) is 3.49. The van der Waals surface area contributed by atoms with Crippen LogP contribution in [0.1, 0.15) is 18.7 Å². The van der Waals surface area contributed by atoms with E-state index in [2.05, 4.69) is 4.98 Å². The first-order valence-electron chi connectivity index (χ1n) is 6.23. The van der Waals surface area contributed by atoms with Crippen LogP contribution in [0.15, 0.2) is 48.7 Å². The lowest BCUT2D eigenvalue weighted by atomic mass is 10.0. The van der Waals surface area contributed by atoms with Gasteiger partial charge in [-0.1, -0.05) is 30.3 Å². The Hall–Kier alpha value is -2.37. The second-order valence-corrected chi connectivity index (χ2v) is 4.51. The van der Waals surface area contributed by atoms with Crippen LogP contribution in [0.4, 0.5) is 13.2 Å². The Bertz CT molecular complexity index is 626. The van der Waals surface area contributed by atoms with Crippen LogP contribution < -0.4 is 5.32 Å². The third-order valence-electron chi connectivity index (χ3n) is 2.86. The van der Waals surface area contributed by atoms with Crippen LogP contribution in [0.5, 0.6) is 0 Å². The summed E-state index contributed by atoms with van der Waals surface area (Å²) in [5, 5.41) is 1.89. The fourth-order valence-corrected chi connectivity index (χ4v) is 1.94. The Morgan fingerprint density at radius 3 is 2.38 bits per heavy atom. The highest BCUT2D eigenvalue weighted by atomic mass is 19.4. The number of carbonyl (C=O) groups is 1. The molecule has 3 nitrogen and oxygen atoms in total. The zero-order valence-corrected chi connectivity index (χ0v) is 11.2. The molecule has 2 rings (SSSR count). The van der Waals surface area contributed by atoms with Crippen molar-refractivity contribution in [2.45, 2.75) is 19.1 Å². The van der Waals surface area contributed by atoms with Gasteiger partial charge in [0.1, 0.15) is 0 Å². The number of hydrogen-bond donors (Lipinski definition) is 1. The number of nitrogens with one attached hydrogen (secondary N) is 1. The SMILES string of the molecule is CC(=O)NC(c1cc(-c2ccccc2)ccn1)C(F)(F)F. The minimum Gasteiger partial charge on any atom is -0.340 e. The molecule has 2 aromatic rings. The zero-order chi connectivity index (χ0) is 15.5. The van der Waals surface area contributed by atoms with Crippen molar-refractivity contribution in [1.82, 2.24) is 10.3 Å². The second kappa shape index (κ2) is 5.95. The third kappa shape index (κ3) is 3.81. The number of hydrogen-bond acceptors (Lipinski definition) is 2. The van der Waals surface area contributed by atoms with E-state index in [-0.39, 0.29) is 5.69 Å². The monoisotopic (exact) mass is 294 g/mol. The van der Waals surface area contributed by atoms with Crippen LogP contribution in [0.2, 0.25) is 0 Å². The van der Waals surface area contributed by atoms with Crippen LogP contribution >= 0.6 is 0 Å². The Kier molecular flexibility index (Phi) is 4.26. The molecule has 0 fully saturated rings. The molecule has 6 heteroatoms. The van der Waals surface area contributed by atoms with E-state index in [1.54, 1.807) is 30.3 Å². The summed E-state index contributed by atoms with van der Waals surface area (Å²) in [6, 6.07) is 9.85. The quantitative estimate of drug-likeness (QED) is 0.941.